The lowest BCUT2D eigenvalue weighted by molar-refractivity contribution is 0.419. The molecule has 0 amide bonds. The number of phenols is 1. The van der Waals surface area contributed by atoms with Crippen molar-refractivity contribution < 1.29 is 23.6 Å². The minimum Gasteiger partial charge on any atom is -0.508 e. The van der Waals surface area contributed by atoms with Crippen molar-refractivity contribution in [3.05, 3.63) is 18.2 Å². The van der Waals surface area contributed by atoms with Crippen LogP contribution in [-0.2, 0) is 10.0 Å². The molecule has 0 spiro atoms. The van der Waals surface area contributed by atoms with Crippen molar-refractivity contribution in [2.45, 2.75) is 0 Å². The van der Waals surface area contributed by atoms with Crippen molar-refractivity contribution in [2.24, 2.45) is 0 Å². The van der Waals surface area contributed by atoms with Gasteiger partial charge in [0.05, 0.1) is 6.26 Å². The van der Waals surface area contributed by atoms with Crippen LogP contribution >= 0.6 is 0 Å². The number of rotatable bonds is 3. The van der Waals surface area contributed by atoms with E-state index in [0.29, 0.717) is 0 Å². The fraction of sp³-hybridized carbons (Fsp3) is 0.143. The lowest BCUT2D eigenvalue weighted by atomic mass is 9.79. The molecule has 0 atom stereocenters. The van der Waals surface area contributed by atoms with Crippen molar-refractivity contribution in [2.75, 3.05) is 11.0 Å². The zero-order valence-corrected chi connectivity index (χ0v) is 8.69. The molecular weight excluding hydrogens is 221 g/mol. The van der Waals surface area contributed by atoms with Crippen LogP contribution in [-0.4, -0.2) is 36.9 Å². The van der Waals surface area contributed by atoms with Gasteiger partial charge in [-0.2, -0.15) is 0 Å². The second-order valence-corrected chi connectivity index (χ2v) is 4.77. The van der Waals surface area contributed by atoms with Gasteiger partial charge in [0.2, 0.25) is 10.0 Å². The van der Waals surface area contributed by atoms with Crippen LogP contribution in [0.1, 0.15) is 0 Å². The first-order chi connectivity index (χ1) is 6.79. The monoisotopic (exact) mass is 231 g/mol. The molecule has 15 heavy (non-hydrogen) atoms. The average molecular weight is 231 g/mol. The minimum absolute atomic E-state index is 0.151. The summed E-state index contributed by atoms with van der Waals surface area (Å²) in [5.74, 6) is -0.316. The summed E-state index contributed by atoms with van der Waals surface area (Å²) in [6.07, 6.45) is 0.967. The smallest absolute Gasteiger partial charge is 0.492 e. The molecule has 0 bridgehead atoms. The van der Waals surface area contributed by atoms with Crippen LogP contribution in [0.2, 0.25) is 0 Å². The predicted octanol–water partition coefficient (Wildman–Crippen LogP) is -1.56. The first-order valence-electron chi connectivity index (χ1n) is 3.96. The number of aromatic hydroxyl groups is 1. The molecule has 6 nitrogen and oxygen atoms in total. The maximum absolute atomic E-state index is 10.9. The van der Waals surface area contributed by atoms with E-state index < -0.39 is 17.1 Å². The Balaban J connectivity index is 3.08. The van der Waals surface area contributed by atoms with Gasteiger partial charge in [0.25, 0.3) is 0 Å². The van der Waals surface area contributed by atoms with Gasteiger partial charge < -0.3 is 15.2 Å². The average Bonchev–Trinajstić information content (AvgIpc) is 2.05. The molecule has 8 heteroatoms. The Hall–Kier alpha value is -1.25. The van der Waals surface area contributed by atoms with Crippen LogP contribution in [0.5, 0.6) is 5.75 Å². The van der Waals surface area contributed by atoms with E-state index in [0.717, 1.165) is 12.3 Å². The van der Waals surface area contributed by atoms with Crippen molar-refractivity contribution in [1.29, 1.82) is 0 Å². The molecule has 1 aromatic carbocycles. The van der Waals surface area contributed by atoms with Gasteiger partial charge in [-0.05, 0) is 18.2 Å². The Bertz CT molecular complexity index is 458. The summed E-state index contributed by atoms with van der Waals surface area (Å²) in [6.45, 7) is 0. The molecule has 0 aliphatic heterocycles. The molecule has 1 aromatic rings. The highest BCUT2D eigenvalue weighted by molar-refractivity contribution is 7.92. The zero-order valence-electron chi connectivity index (χ0n) is 7.88. The third-order valence-electron chi connectivity index (χ3n) is 1.61. The molecule has 0 saturated carbocycles. The molecule has 4 N–H and O–H groups in total. The van der Waals surface area contributed by atoms with E-state index in [1.54, 1.807) is 0 Å². The van der Waals surface area contributed by atoms with E-state index in [1.165, 1.54) is 12.1 Å². The maximum Gasteiger partial charge on any atom is 0.492 e. The number of nitrogens with one attached hydrogen (secondary N) is 1. The summed E-state index contributed by atoms with van der Waals surface area (Å²) in [6, 6.07) is 3.62. The van der Waals surface area contributed by atoms with Gasteiger partial charge in [0.1, 0.15) is 5.75 Å². The number of hydrogen-bond acceptors (Lipinski definition) is 5. The van der Waals surface area contributed by atoms with E-state index in [4.69, 9.17) is 10.0 Å². The molecule has 0 saturated heterocycles. The Kier molecular flexibility index (Phi) is 3.23. The largest absolute Gasteiger partial charge is 0.508 e. The van der Waals surface area contributed by atoms with Crippen LogP contribution in [0.4, 0.5) is 5.69 Å². The fourth-order valence-electron chi connectivity index (χ4n) is 1.04. The van der Waals surface area contributed by atoms with E-state index in [1.807, 2.05) is 0 Å². The van der Waals surface area contributed by atoms with Gasteiger partial charge in [-0.3, -0.25) is 4.72 Å². The van der Waals surface area contributed by atoms with Gasteiger partial charge in [0, 0.05) is 11.2 Å². The summed E-state index contributed by atoms with van der Waals surface area (Å²) in [5, 5.41) is 26.9. The van der Waals surface area contributed by atoms with Crippen LogP contribution in [0.3, 0.4) is 0 Å². The van der Waals surface area contributed by atoms with Crippen LogP contribution < -0.4 is 10.2 Å². The quantitative estimate of drug-likeness (QED) is 0.372. The van der Waals surface area contributed by atoms with Gasteiger partial charge in [-0.1, -0.05) is 0 Å². The summed E-state index contributed by atoms with van der Waals surface area (Å²) in [5.41, 5.74) is -0.0120. The standard InChI is InChI=1S/C7H10BNO5S/c1-15(13,14)9-5-2-3-7(10)6(4-5)8(11)12/h2-4,9-12H,1H3. The lowest BCUT2D eigenvalue weighted by Crippen LogP contribution is -2.30. The van der Waals surface area contributed by atoms with Crippen LogP contribution in [0, 0.1) is 0 Å². The van der Waals surface area contributed by atoms with Crippen LogP contribution in [0.15, 0.2) is 18.2 Å². The molecule has 1 rings (SSSR count). The fourth-order valence-corrected chi connectivity index (χ4v) is 1.59. The third-order valence-corrected chi connectivity index (χ3v) is 2.22. The predicted molar refractivity (Wildman–Crippen MR) is 56.4 cm³/mol. The molecular formula is C7H10BNO5S. The summed E-state index contributed by atoms with van der Waals surface area (Å²) < 4.78 is 23.9. The number of anilines is 1. The lowest BCUT2D eigenvalue weighted by Gasteiger charge is -2.07. The number of sulfonamides is 1. The highest BCUT2D eigenvalue weighted by atomic mass is 32.2. The van der Waals surface area contributed by atoms with Crippen molar-refractivity contribution in [3.63, 3.8) is 0 Å². The maximum atomic E-state index is 10.9. The molecule has 0 fully saturated rings. The van der Waals surface area contributed by atoms with Gasteiger partial charge >= 0.3 is 7.12 Å². The second kappa shape index (κ2) is 4.09. The zero-order chi connectivity index (χ0) is 11.6. The second-order valence-electron chi connectivity index (χ2n) is 3.02. The molecule has 82 valence electrons. The van der Waals surface area contributed by atoms with E-state index in [2.05, 4.69) is 4.72 Å². The summed E-state index contributed by atoms with van der Waals surface area (Å²) in [4.78, 5) is 0. The Morgan fingerprint density at radius 3 is 2.40 bits per heavy atom. The minimum atomic E-state index is -3.43. The van der Waals surface area contributed by atoms with E-state index in [-0.39, 0.29) is 16.9 Å². The van der Waals surface area contributed by atoms with E-state index in [9.17, 15) is 13.5 Å². The molecule has 0 aliphatic rings. The Morgan fingerprint density at radius 2 is 1.93 bits per heavy atom. The van der Waals surface area contributed by atoms with Crippen molar-refractivity contribution in [1.82, 2.24) is 0 Å². The highest BCUT2D eigenvalue weighted by Gasteiger charge is 2.17. The molecule has 0 aliphatic carbocycles. The number of phenolic OH excluding ortho intramolecular Hbond substituents is 1. The molecule has 0 heterocycles. The topological polar surface area (TPSA) is 107 Å². The SMILES string of the molecule is CS(=O)(=O)Nc1ccc(O)c(B(O)O)c1. The first-order valence-corrected chi connectivity index (χ1v) is 5.85. The number of hydrogen-bond donors (Lipinski definition) is 4. The summed E-state index contributed by atoms with van der Waals surface area (Å²) >= 11 is 0. The van der Waals surface area contributed by atoms with E-state index >= 15 is 0 Å². The third kappa shape index (κ3) is 3.42. The summed E-state index contributed by atoms with van der Waals surface area (Å²) in [7, 11) is -5.28. The Morgan fingerprint density at radius 1 is 1.33 bits per heavy atom. The molecule has 0 radical (unpaired) electrons. The normalized spacial score (nSPS) is 11.1. The van der Waals surface area contributed by atoms with Crippen LogP contribution in [0.25, 0.3) is 0 Å². The highest BCUT2D eigenvalue weighted by Crippen LogP contribution is 2.13. The van der Waals surface area contributed by atoms with Gasteiger partial charge in [-0.15, -0.1) is 0 Å². The van der Waals surface area contributed by atoms with Gasteiger partial charge in [-0.25, -0.2) is 8.42 Å². The molecule has 0 aromatic heterocycles. The Labute approximate surface area is 87.4 Å². The first kappa shape index (κ1) is 11.8. The number of benzene rings is 1. The van der Waals surface area contributed by atoms with Gasteiger partial charge in [0.15, 0.2) is 0 Å². The van der Waals surface area contributed by atoms with Crippen molar-refractivity contribution in [3.8, 4) is 5.75 Å². The molecule has 0 unspecified atom stereocenters. The van der Waals surface area contributed by atoms with Crippen molar-refractivity contribution >= 4 is 28.3 Å².